The van der Waals surface area contributed by atoms with Gasteiger partial charge in [0.15, 0.2) is 11.6 Å². The molecule has 3 aromatic heterocycles. The third kappa shape index (κ3) is 3.70. The summed E-state index contributed by atoms with van der Waals surface area (Å²) >= 11 is 1.81. The van der Waals surface area contributed by atoms with Crippen LogP contribution in [0, 0.1) is 6.92 Å². The molecule has 4 heterocycles. The second-order valence-electron chi connectivity index (χ2n) is 8.88. The zero-order valence-corrected chi connectivity index (χ0v) is 19.5. The predicted molar refractivity (Wildman–Crippen MR) is 131 cm³/mol. The first kappa shape index (κ1) is 20.4. The van der Waals surface area contributed by atoms with Crippen molar-refractivity contribution in [2.24, 2.45) is 0 Å². The lowest BCUT2D eigenvalue weighted by molar-refractivity contribution is 0.0746. The molecule has 0 saturated carbocycles. The van der Waals surface area contributed by atoms with Crippen molar-refractivity contribution >= 4 is 33.3 Å². The molecule has 1 aliphatic carbocycles. The van der Waals surface area contributed by atoms with Gasteiger partial charge in [-0.1, -0.05) is 17.7 Å². The van der Waals surface area contributed by atoms with Crippen molar-refractivity contribution in [3.05, 3.63) is 64.2 Å². The number of rotatable bonds is 3. The van der Waals surface area contributed by atoms with E-state index in [4.69, 9.17) is 14.4 Å². The van der Waals surface area contributed by atoms with Crippen LogP contribution in [0.25, 0.3) is 21.8 Å². The number of benzene rings is 1. The molecular formula is C26H26N4O2S. The van der Waals surface area contributed by atoms with Gasteiger partial charge in [0.25, 0.3) is 5.91 Å². The van der Waals surface area contributed by atoms with Crippen molar-refractivity contribution in [3.8, 4) is 11.6 Å². The van der Waals surface area contributed by atoms with Gasteiger partial charge >= 0.3 is 0 Å². The first-order chi connectivity index (χ1) is 16.2. The number of fused-ring (bicyclic) bond motifs is 3. The zero-order chi connectivity index (χ0) is 22.4. The van der Waals surface area contributed by atoms with E-state index >= 15 is 0 Å². The van der Waals surface area contributed by atoms with Crippen LogP contribution in [0.1, 0.15) is 39.2 Å². The molecule has 33 heavy (non-hydrogen) atoms. The lowest BCUT2D eigenvalue weighted by Crippen LogP contribution is -2.49. The van der Waals surface area contributed by atoms with Crippen LogP contribution in [-0.2, 0) is 12.8 Å². The molecule has 6 rings (SSSR count). The van der Waals surface area contributed by atoms with Crippen molar-refractivity contribution in [3.63, 3.8) is 0 Å². The molecule has 6 nitrogen and oxygen atoms in total. The Labute approximate surface area is 196 Å². The molecule has 2 aliphatic rings. The quantitative estimate of drug-likeness (QED) is 0.427. The van der Waals surface area contributed by atoms with Gasteiger partial charge in [-0.05, 0) is 62.4 Å². The maximum Gasteiger partial charge on any atom is 0.253 e. The van der Waals surface area contributed by atoms with E-state index in [0.717, 1.165) is 47.7 Å². The van der Waals surface area contributed by atoms with E-state index in [1.54, 1.807) is 6.26 Å². The van der Waals surface area contributed by atoms with Crippen LogP contribution in [0.4, 0.5) is 5.82 Å². The van der Waals surface area contributed by atoms with Gasteiger partial charge < -0.3 is 14.2 Å². The van der Waals surface area contributed by atoms with Crippen molar-refractivity contribution in [2.75, 3.05) is 31.1 Å². The highest BCUT2D eigenvalue weighted by atomic mass is 32.1. The molecule has 1 fully saturated rings. The van der Waals surface area contributed by atoms with Crippen LogP contribution in [0.5, 0.6) is 0 Å². The Kier molecular flexibility index (Phi) is 5.14. The number of hydrogen-bond acceptors (Lipinski definition) is 6. The number of nitrogens with zero attached hydrogens (tertiary/aromatic N) is 4. The smallest absolute Gasteiger partial charge is 0.253 e. The van der Waals surface area contributed by atoms with Crippen molar-refractivity contribution in [1.29, 1.82) is 0 Å². The summed E-state index contributed by atoms with van der Waals surface area (Å²) in [5, 5.41) is 1.21. The highest BCUT2D eigenvalue weighted by Gasteiger charge is 2.28. The van der Waals surface area contributed by atoms with Crippen LogP contribution < -0.4 is 4.90 Å². The topological polar surface area (TPSA) is 62.5 Å². The van der Waals surface area contributed by atoms with E-state index in [2.05, 4.69) is 4.90 Å². The van der Waals surface area contributed by atoms with Gasteiger partial charge in [-0.25, -0.2) is 9.97 Å². The first-order valence-electron chi connectivity index (χ1n) is 11.6. The van der Waals surface area contributed by atoms with E-state index in [-0.39, 0.29) is 5.91 Å². The van der Waals surface area contributed by atoms with Gasteiger partial charge in [-0.3, -0.25) is 4.79 Å². The van der Waals surface area contributed by atoms with Crippen LogP contribution in [0.3, 0.4) is 0 Å². The minimum atomic E-state index is 0.103. The molecule has 1 saturated heterocycles. The van der Waals surface area contributed by atoms with Gasteiger partial charge in [0.1, 0.15) is 10.6 Å². The second kappa shape index (κ2) is 8.30. The largest absolute Gasteiger partial charge is 0.461 e. The normalized spacial score (nSPS) is 16.3. The fourth-order valence-corrected chi connectivity index (χ4v) is 6.14. The van der Waals surface area contributed by atoms with Crippen LogP contribution >= 0.6 is 11.3 Å². The summed E-state index contributed by atoms with van der Waals surface area (Å²) in [6, 6.07) is 11.6. The van der Waals surface area contributed by atoms with Gasteiger partial charge in [0.05, 0.1) is 11.6 Å². The minimum Gasteiger partial charge on any atom is -0.461 e. The third-order valence-electron chi connectivity index (χ3n) is 6.70. The molecule has 0 bridgehead atoms. The fraction of sp³-hybridized carbons (Fsp3) is 0.346. The van der Waals surface area contributed by atoms with Gasteiger partial charge in [-0.2, -0.15) is 0 Å². The molecule has 0 spiro atoms. The number of furan rings is 1. The molecule has 4 aromatic rings. The number of hydrogen-bond donors (Lipinski definition) is 0. The maximum atomic E-state index is 13.0. The highest BCUT2D eigenvalue weighted by molar-refractivity contribution is 7.19. The Hall–Kier alpha value is -3.19. The Morgan fingerprint density at radius 3 is 2.55 bits per heavy atom. The van der Waals surface area contributed by atoms with E-state index in [1.165, 1.54) is 28.7 Å². The molecule has 0 unspecified atom stereocenters. The van der Waals surface area contributed by atoms with Crippen LogP contribution in [-0.4, -0.2) is 47.0 Å². The lowest BCUT2D eigenvalue weighted by atomic mass is 9.97. The molecule has 1 amide bonds. The van der Waals surface area contributed by atoms with E-state index in [1.807, 2.05) is 59.6 Å². The van der Waals surface area contributed by atoms with E-state index < -0.39 is 0 Å². The standard InChI is InChI=1S/C26H26N4O2S/c1-17-8-10-18(11-9-17)26(31)30-14-12-29(13-15-30)24-22-19-5-2-3-7-21(19)33-25(22)28-23(27-24)20-6-4-16-32-20/h4,6,8-11,16H,2-3,5,7,12-15H2,1H3. The molecule has 1 aromatic carbocycles. The summed E-state index contributed by atoms with van der Waals surface area (Å²) < 4.78 is 5.63. The highest BCUT2D eigenvalue weighted by Crippen LogP contribution is 2.41. The number of piperazine rings is 1. The number of amides is 1. The summed E-state index contributed by atoms with van der Waals surface area (Å²) in [7, 11) is 0. The van der Waals surface area contributed by atoms with Crippen molar-refractivity contribution in [2.45, 2.75) is 32.6 Å². The Morgan fingerprint density at radius 1 is 1.00 bits per heavy atom. The van der Waals surface area contributed by atoms with Gasteiger partial charge in [0, 0.05) is 36.6 Å². The lowest BCUT2D eigenvalue weighted by Gasteiger charge is -2.36. The summed E-state index contributed by atoms with van der Waals surface area (Å²) in [5.41, 5.74) is 3.35. The van der Waals surface area contributed by atoms with Gasteiger partial charge in [-0.15, -0.1) is 11.3 Å². The predicted octanol–water partition coefficient (Wildman–Crippen LogP) is 5.10. The first-order valence-corrected chi connectivity index (χ1v) is 12.5. The Morgan fingerprint density at radius 2 is 1.79 bits per heavy atom. The summed E-state index contributed by atoms with van der Waals surface area (Å²) in [4.78, 5) is 29.7. The second-order valence-corrected chi connectivity index (χ2v) is 9.97. The molecule has 0 N–H and O–H groups in total. The SMILES string of the molecule is Cc1ccc(C(=O)N2CCN(c3nc(-c4ccco4)nc4sc5c(c34)CCCC5)CC2)cc1. The molecule has 168 valence electrons. The molecule has 1 aliphatic heterocycles. The summed E-state index contributed by atoms with van der Waals surface area (Å²) in [5.74, 6) is 2.43. The van der Waals surface area contributed by atoms with Gasteiger partial charge in [0.2, 0.25) is 0 Å². The molecular weight excluding hydrogens is 432 g/mol. The molecule has 0 atom stereocenters. The average Bonchev–Trinajstić information content (AvgIpc) is 3.52. The molecule has 7 heteroatoms. The van der Waals surface area contributed by atoms with Crippen LogP contribution in [0.2, 0.25) is 0 Å². The third-order valence-corrected chi connectivity index (χ3v) is 7.89. The van der Waals surface area contributed by atoms with Crippen LogP contribution in [0.15, 0.2) is 47.1 Å². The Balaban J connectivity index is 1.32. The van der Waals surface area contributed by atoms with Crippen molar-refractivity contribution in [1.82, 2.24) is 14.9 Å². The molecule has 0 radical (unpaired) electrons. The number of aryl methyl sites for hydroxylation is 3. The van der Waals surface area contributed by atoms with Crippen molar-refractivity contribution < 1.29 is 9.21 Å². The number of aromatic nitrogens is 2. The number of carbonyl (C=O) groups is 1. The van der Waals surface area contributed by atoms with E-state index in [9.17, 15) is 4.79 Å². The number of thiophene rings is 1. The summed E-state index contributed by atoms with van der Waals surface area (Å²) in [6.45, 7) is 4.91. The number of anilines is 1. The average molecular weight is 459 g/mol. The minimum absolute atomic E-state index is 0.103. The Bertz CT molecular complexity index is 1300. The van der Waals surface area contributed by atoms with E-state index in [0.29, 0.717) is 24.7 Å². The monoisotopic (exact) mass is 458 g/mol. The maximum absolute atomic E-state index is 13.0. The fourth-order valence-electron chi connectivity index (χ4n) is 4.88. The number of carbonyl (C=O) groups excluding carboxylic acids is 1. The summed E-state index contributed by atoms with van der Waals surface area (Å²) in [6.07, 6.45) is 6.35. The zero-order valence-electron chi connectivity index (χ0n) is 18.7.